The zero-order valence-corrected chi connectivity index (χ0v) is 27.6. The van der Waals surface area contributed by atoms with Crippen LogP contribution in [0.5, 0.6) is 5.75 Å². The van der Waals surface area contributed by atoms with Gasteiger partial charge in [-0.25, -0.2) is 9.78 Å². The van der Waals surface area contributed by atoms with Gasteiger partial charge in [-0.05, 0) is 76.6 Å². The van der Waals surface area contributed by atoms with Crippen LogP contribution in [0.1, 0.15) is 50.2 Å². The Balaban J connectivity index is 1.95. The van der Waals surface area contributed by atoms with Crippen molar-refractivity contribution in [3.8, 4) is 11.8 Å². The number of primary amides is 1. The lowest BCUT2D eigenvalue weighted by Gasteiger charge is -2.28. The molecule has 0 saturated carbocycles. The van der Waals surface area contributed by atoms with Crippen LogP contribution in [-0.2, 0) is 26.6 Å². The van der Waals surface area contributed by atoms with Crippen LogP contribution in [0, 0.1) is 18.3 Å². The van der Waals surface area contributed by atoms with E-state index in [9.17, 15) is 20.0 Å². The molecule has 0 saturated heterocycles. The molecule has 2 heterocycles. The van der Waals surface area contributed by atoms with Gasteiger partial charge in [0.15, 0.2) is 6.61 Å². The van der Waals surface area contributed by atoms with E-state index in [1.165, 1.54) is 4.57 Å². The smallest absolute Gasteiger partial charge is 0.419 e. The minimum atomic E-state index is -1.84. The summed E-state index contributed by atoms with van der Waals surface area (Å²) in [6.45, 7) is 15.7. The van der Waals surface area contributed by atoms with E-state index in [2.05, 4.69) is 25.7 Å². The highest BCUT2D eigenvalue weighted by atomic mass is 28.3. The van der Waals surface area contributed by atoms with E-state index in [0.717, 1.165) is 6.04 Å². The number of ether oxygens (including phenoxy) is 3. The molecule has 2 aromatic carbocycles. The number of hydrogen-bond acceptors (Lipinski definition) is 8. The summed E-state index contributed by atoms with van der Waals surface area (Å²) in [7, 11) is -1.36. The van der Waals surface area contributed by atoms with Gasteiger partial charge in [0, 0.05) is 31.8 Å². The van der Waals surface area contributed by atoms with Gasteiger partial charge in [0.1, 0.15) is 29.5 Å². The molecule has 0 aliphatic carbocycles. The Labute approximate surface area is 258 Å². The predicted octanol–water partition coefficient (Wildman–Crippen LogP) is 5.39. The van der Waals surface area contributed by atoms with Crippen molar-refractivity contribution >= 4 is 42.0 Å². The molecule has 0 aliphatic rings. The topological polar surface area (TPSA) is 155 Å². The fourth-order valence-corrected chi connectivity index (χ4v) is 5.84. The number of aromatic nitrogens is 3. The van der Waals surface area contributed by atoms with Gasteiger partial charge >= 0.3 is 6.09 Å². The van der Waals surface area contributed by atoms with E-state index in [0.29, 0.717) is 39.7 Å². The summed E-state index contributed by atoms with van der Waals surface area (Å²) in [5, 5.41) is 22.5. The lowest BCUT2D eigenvalue weighted by atomic mass is 9.89. The molecule has 1 amide bonds. The molecule has 0 spiro atoms. The van der Waals surface area contributed by atoms with Crippen molar-refractivity contribution in [2.45, 2.75) is 78.2 Å². The average Bonchev–Trinajstić information content (AvgIpc) is 3.51. The van der Waals surface area contributed by atoms with Crippen molar-refractivity contribution in [3.63, 3.8) is 0 Å². The predicted molar refractivity (Wildman–Crippen MR) is 170 cm³/mol. The van der Waals surface area contributed by atoms with Gasteiger partial charge in [0.05, 0.1) is 28.2 Å². The molecule has 12 heteroatoms. The number of carbonyl (C=O) groups excluding carboxylic acids is 2. The molecule has 1 atom stereocenters. The summed E-state index contributed by atoms with van der Waals surface area (Å²) in [4.78, 5) is 29.7. The lowest BCUT2D eigenvalue weighted by molar-refractivity contribution is -0.120. The van der Waals surface area contributed by atoms with Crippen LogP contribution in [0.2, 0.25) is 25.7 Å². The van der Waals surface area contributed by atoms with Crippen LogP contribution < -0.4 is 10.5 Å². The zero-order chi connectivity index (χ0) is 32.6. The van der Waals surface area contributed by atoms with Gasteiger partial charge in [0.25, 0.3) is 5.91 Å². The number of hydrogen-bond donors (Lipinski definition) is 2. The third-order valence-electron chi connectivity index (χ3n) is 7.10. The molecule has 2 aromatic heterocycles. The van der Waals surface area contributed by atoms with Gasteiger partial charge in [-0.3, -0.25) is 9.36 Å². The van der Waals surface area contributed by atoms with Crippen molar-refractivity contribution < 1.29 is 28.9 Å². The van der Waals surface area contributed by atoms with E-state index < -0.39 is 37.9 Å². The standard InChI is InChI=1S/C32H41N5O6Si/c1-20-15-25(42-18-26(34)38)27(22-11-12-36(28(20)22)30(39)43-31(2,3)4)32(5,40)29-35-23-16-21(17-33)9-10-24(23)37(29)19-41-13-14-44(6,7)8/h9-12,15-16,40H,13-14,18-19H2,1-8H3,(H2,34,38). The number of aryl methyl sites for hydroxylation is 1. The maximum Gasteiger partial charge on any atom is 0.419 e. The quantitative estimate of drug-likeness (QED) is 0.177. The number of carbonyl (C=O) groups is 2. The van der Waals surface area contributed by atoms with Gasteiger partial charge in [0.2, 0.25) is 0 Å². The van der Waals surface area contributed by atoms with E-state index in [4.69, 9.17) is 24.9 Å². The Morgan fingerprint density at radius 1 is 1.14 bits per heavy atom. The molecule has 0 radical (unpaired) electrons. The summed E-state index contributed by atoms with van der Waals surface area (Å²) in [6.07, 6.45) is 0.990. The highest BCUT2D eigenvalue weighted by Crippen LogP contribution is 2.43. The molecule has 3 N–H and O–H groups in total. The Morgan fingerprint density at radius 3 is 2.45 bits per heavy atom. The number of nitriles is 1. The number of aliphatic hydroxyl groups is 1. The van der Waals surface area contributed by atoms with Gasteiger partial charge in [-0.2, -0.15) is 5.26 Å². The monoisotopic (exact) mass is 619 g/mol. The first-order valence-corrected chi connectivity index (χ1v) is 18.1. The van der Waals surface area contributed by atoms with E-state index >= 15 is 0 Å². The third kappa shape index (κ3) is 6.96. The average molecular weight is 620 g/mol. The largest absolute Gasteiger partial charge is 0.483 e. The molecule has 1 unspecified atom stereocenters. The Bertz CT molecular complexity index is 1770. The fraction of sp³-hybridized carbons (Fsp3) is 0.438. The molecule has 0 aliphatic heterocycles. The second kappa shape index (κ2) is 12.1. The van der Waals surface area contributed by atoms with Crippen molar-refractivity contribution in [1.82, 2.24) is 14.1 Å². The fourth-order valence-electron chi connectivity index (χ4n) is 5.08. The summed E-state index contributed by atoms with van der Waals surface area (Å²) >= 11 is 0. The number of benzene rings is 2. The maximum atomic E-state index is 13.2. The van der Waals surface area contributed by atoms with Crippen LogP contribution in [0.15, 0.2) is 36.5 Å². The highest BCUT2D eigenvalue weighted by Gasteiger charge is 2.38. The van der Waals surface area contributed by atoms with Crippen LogP contribution in [-0.4, -0.2) is 58.1 Å². The second-order valence-corrected chi connectivity index (χ2v) is 19.0. The molecule has 44 heavy (non-hydrogen) atoms. The van der Waals surface area contributed by atoms with E-state index in [1.807, 2.05) is 0 Å². The first-order valence-electron chi connectivity index (χ1n) is 14.4. The third-order valence-corrected chi connectivity index (χ3v) is 8.80. The lowest BCUT2D eigenvalue weighted by Crippen LogP contribution is -2.30. The number of nitrogens with two attached hydrogens (primary N) is 1. The minimum absolute atomic E-state index is 0.101. The molecular formula is C32H41N5O6Si. The van der Waals surface area contributed by atoms with Crippen LogP contribution >= 0.6 is 0 Å². The molecule has 11 nitrogen and oxygen atoms in total. The summed E-state index contributed by atoms with van der Waals surface area (Å²) in [5.74, 6) is -0.252. The molecular weight excluding hydrogens is 578 g/mol. The Hall–Kier alpha value is -4.18. The number of nitrogens with zero attached hydrogens (tertiary/aromatic N) is 4. The van der Waals surface area contributed by atoms with Crippen molar-refractivity contribution in [1.29, 1.82) is 5.26 Å². The van der Waals surface area contributed by atoms with Gasteiger partial charge < -0.3 is 29.6 Å². The minimum Gasteiger partial charge on any atom is -0.483 e. The zero-order valence-electron chi connectivity index (χ0n) is 26.6. The number of fused-ring (bicyclic) bond motifs is 2. The number of rotatable bonds is 10. The van der Waals surface area contributed by atoms with Crippen molar-refractivity contribution in [3.05, 3.63) is 59.0 Å². The first kappa shape index (κ1) is 32.7. The molecule has 0 bridgehead atoms. The second-order valence-electron chi connectivity index (χ2n) is 13.3. The van der Waals surface area contributed by atoms with Crippen LogP contribution in [0.3, 0.4) is 0 Å². The highest BCUT2D eigenvalue weighted by molar-refractivity contribution is 6.76. The Kier molecular flexibility index (Phi) is 8.98. The van der Waals surface area contributed by atoms with Gasteiger partial charge in [-0.15, -0.1) is 0 Å². The van der Waals surface area contributed by atoms with Crippen molar-refractivity contribution in [2.75, 3.05) is 13.2 Å². The van der Waals surface area contributed by atoms with E-state index in [1.54, 1.807) is 75.7 Å². The summed E-state index contributed by atoms with van der Waals surface area (Å²) in [6, 6.07) is 11.5. The first-order chi connectivity index (χ1) is 20.4. The van der Waals surface area contributed by atoms with Crippen LogP contribution in [0.25, 0.3) is 21.9 Å². The van der Waals surface area contributed by atoms with Crippen LogP contribution in [0.4, 0.5) is 4.79 Å². The molecule has 0 fully saturated rings. The summed E-state index contributed by atoms with van der Waals surface area (Å²) < 4.78 is 20.8. The molecule has 4 aromatic rings. The Morgan fingerprint density at radius 2 is 1.84 bits per heavy atom. The summed E-state index contributed by atoms with van der Waals surface area (Å²) in [5.41, 5.74) is 5.87. The normalized spacial score (nSPS) is 13.5. The maximum absolute atomic E-state index is 13.2. The number of amides is 1. The van der Waals surface area contributed by atoms with Crippen molar-refractivity contribution in [2.24, 2.45) is 5.73 Å². The molecule has 4 rings (SSSR count). The SMILES string of the molecule is Cc1cc(OCC(N)=O)c(C(C)(O)c2nc3cc(C#N)ccc3n2COCC[Si](C)(C)C)c2ccn(C(=O)OC(C)(C)C)c12. The van der Waals surface area contributed by atoms with E-state index in [-0.39, 0.29) is 23.9 Å². The van der Waals surface area contributed by atoms with Gasteiger partial charge in [-0.1, -0.05) is 19.6 Å². The molecule has 234 valence electrons. The number of imidazole rings is 1.